The summed E-state index contributed by atoms with van der Waals surface area (Å²) in [5.41, 5.74) is 1.61. The number of benzene rings is 1. The molecule has 1 aromatic carbocycles. The monoisotopic (exact) mass is 313 g/mol. The fourth-order valence-corrected chi connectivity index (χ4v) is 2.66. The third-order valence-corrected chi connectivity index (χ3v) is 3.96. The van der Waals surface area contributed by atoms with Gasteiger partial charge in [-0.05, 0) is 12.1 Å². The lowest BCUT2D eigenvalue weighted by Gasteiger charge is -2.35. The molecule has 1 aliphatic heterocycles. The van der Waals surface area contributed by atoms with E-state index in [0.717, 1.165) is 18.8 Å². The lowest BCUT2D eigenvalue weighted by molar-refractivity contribution is -0.384. The standard InChI is InChI=1S/C16H16N4O3/c21-16(13-1-3-15(4-2-13)20(22)23)19-11-9-18(10-12-19)14-5-7-17-8-6-14/h1-8H,9-12H2/p+1. The van der Waals surface area contributed by atoms with Crippen LogP contribution in [0.4, 0.5) is 11.4 Å². The number of nitrogens with one attached hydrogen (secondary N) is 1. The summed E-state index contributed by atoms with van der Waals surface area (Å²) < 4.78 is 0. The van der Waals surface area contributed by atoms with Crippen LogP contribution in [0.2, 0.25) is 0 Å². The lowest BCUT2D eigenvalue weighted by Crippen LogP contribution is -2.48. The minimum atomic E-state index is -0.468. The number of hydrogen-bond acceptors (Lipinski definition) is 4. The van der Waals surface area contributed by atoms with Crippen molar-refractivity contribution in [3.8, 4) is 0 Å². The lowest BCUT2D eigenvalue weighted by atomic mass is 10.1. The Bertz CT molecular complexity index is 695. The van der Waals surface area contributed by atoms with Crippen molar-refractivity contribution in [2.24, 2.45) is 0 Å². The highest BCUT2D eigenvalue weighted by Gasteiger charge is 2.22. The molecule has 1 fully saturated rings. The van der Waals surface area contributed by atoms with Gasteiger partial charge >= 0.3 is 0 Å². The van der Waals surface area contributed by atoms with E-state index >= 15 is 0 Å². The quantitative estimate of drug-likeness (QED) is 0.633. The zero-order chi connectivity index (χ0) is 16.2. The van der Waals surface area contributed by atoms with Gasteiger partial charge in [0.1, 0.15) is 0 Å². The van der Waals surface area contributed by atoms with Crippen molar-refractivity contribution in [2.45, 2.75) is 0 Å². The van der Waals surface area contributed by atoms with Gasteiger partial charge in [-0.3, -0.25) is 14.9 Å². The van der Waals surface area contributed by atoms with E-state index in [1.165, 1.54) is 24.3 Å². The molecule has 2 heterocycles. The fourth-order valence-electron chi connectivity index (χ4n) is 2.66. The van der Waals surface area contributed by atoms with Crippen molar-refractivity contribution in [1.29, 1.82) is 0 Å². The van der Waals surface area contributed by atoms with E-state index in [1.54, 1.807) is 4.90 Å². The van der Waals surface area contributed by atoms with Crippen LogP contribution in [0.15, 0.2) is 48.8 Å². The minimum Gasteiger partial charge on any atom is -0.368 e. The molecule has 1 amide bonds. The van der Waals surface area contributed by atoms with Crippen molar-refractivity contribution >= 4 is 17.3 Å². The molecule has 1 aliphatic rings. The minimum absolute atomic E-state index is 0.00717. The van der Waals surface area contributed by atoms with Gasteiger partial charge in [-0.15, -0.1) is 0 Å². The summed E-state index contributed by atoms with van der Waals surface area (Å²) in [6.45, 7) is 2.80. The SMILES string of the molecule is O=C(c1ccc([N+](=O)[O-])cc1)N1CCN(c2cc[nH+]cc2)CC1. The third kappa shape index (κ3) is 3.28. The first-order chi connectivity index (χ1) is 11.1. The molecule has 2 aromatic rings. The van der Waals surface area contributed by atoms with Crippen molar-refractivity contribution in [3.63, 3.8) is 0 Å². The average Bonchev–Trinajstić information content (AvgIpc) is 2.62. The van der Waals surface area contributed by atoms with Gasteiger partial charge in [-0.2, -0.15) is 0 Å². The first-order valence-electron chi connectivity index (χ1n) is 7.40. The number of rotatable bonds is 3. The first kappa shape index (κ1) is 15.0. The predicted octanol–water partition coefficient (Wildman–Crippen LogP) is 1.37. The summed E-state index contributed by atoms with van der Waals surface area (Å²) in [5.74, 6) is -0.0825. The van der Waals surface area contributed by atoms with E-state index in [9.17, 15) is 14.9 Å². The molecule has 7 heteroatoms. The smallest absolute Gasteiger partial charge is 0.269 e. The molecule has 1 N–H and O–H groups in total. The zero-order valence-corrected chi connectivity index (χ0v) is 12.5. The summed E-state index contributed by atoms with van der Waals surface area (Å²) in [5, 5.41) is 10.7. The number of H-pyrrole nitrogens is 1. The number of amides is 1. The van der Waals surface area contributed by atoms with Crippen molar-refractivity contribution in [3.05, 3.63) is 64.5 Å². The van der Waals surface area contributed by atoms with Gasteiger partial charge < -0.3 is 9.80 Å². The Hall–Kier alpha value is -2.96. The second-order valence-electron chi connectivity index (χ2n) is 5.34. The first-order valence-corrected chi connectivity index (χ1v) is 7.40. The van der Waals surface area contributed by atoms with E-state index in [4.69, 9.17) is 0 Å². The second kappa shape index (κ2) is 6.43. The molecule has 23 heavy (non-hydrogen) atoms. The molecule has 0 bridgehead atoms. The van der Waals surface area contributed by atoms with Crippen LogP contribution in [0.1, 0.15) is 10.4 Å². The number of carbonyl (C=O) groups is 1. The summed E-state index contributed by atoms with van der Waals surface area (Å²) in [4.78, 5) is 29.7. The Morgan fingerprint density at radius 2 is 1.61 bits per heavy atom. The molecule has 118 valence electrons. The highest BCUT2D eigenvalue weighted by molar-refractivity contribution is 5.94. The molecule has 0 saturated carbocycles. The summed E-state index contributed by atoms with van der Waals surface area (Å²) in [7, 11) is 0. The fraction of sp³-hybridized carbons (Fsp3) is 0.250. The normalized spacial score (nSPS) is 14.6. The number of anilines is 1. The van der Waals surface area contributed by atoms with E-state index in [2.05, 4.69) is 9.88 Å². The summed E-state index contributed by atoms with van der Waals surface area (Å²) >= 11 is 0. The number of nitrogens with zero attached hydrogens (tertiary/aromatic N) is 3. The zero-order valence-electron chi connectivity index (χ0n) is 12.5. The van der Waals surface area contributed by atoms with Crippen LogP contribution in [0.5, 0.6) is 0 Å². The molecule has 0 atom stereocenters. The molecular formula is C16H17N4O3+. The number of pyridine rings is 1. The van der Waals surface area contributed by atoms with Crippen molar-refractivity contribution in [1.82, 2.24) is 4.90 Å². The van der Waals surface area contributed by atoms with E-state index in [1.807, 2.05) is 24.5 Å². The number of nitro benzene ring substituents is 1. The maximum Gasteiger partial charge on any atom is 0.269 e. The Morgan fingerprint density at radius 3 is 2.17 bits per heavy atom. The highest BCUT2D eigenvalue weighted by atomic mass is 16.6. The third-order valence-electron chi connectivity index (χ3n) is 3.96. The summed E-state index contributed by atoms with van der Waals surface area (Å²) in [6, 6.07) is 9.77. The van der Waals surface area contributed by atoms with E-state index in [0.29, 0.717) is 18.7 Å². The van der Waals surface area contributed by atoms with E-state index < -0.39 is 4.92 Å². The van der Waals surface area contributed by atoms with Crippen molar-refractivity contribution < 1.29 is 14.7 Å². The molecule has 0 spiro atoms. The number of aromatic nitrogens is 1. The van der Waals surface area contributed by atoms with Crippen LogP contribution < -0.4 is 9.88 Å². The Morgan fingerprint density at radius 1 is 1.00 bits per heavy atom. The molecule has 3 rings (SSSR count). The summed E-state index contributed by atoms with van der Waals surface area (Å²) in [6.07, 6.45) is 3.76. The molecule has 1 aromatic heterocycles. The average molecular weight is 313 g/mol. The number of aromatic amines is 1. The van der Waals surface area contributed by atoms with Gasteiger partial charge in [-0.1, -0.05) is 0 Å². The number of hydrogen-bond donors (Lipinski definition) is 0. The maximum absolute atomic E-state index is 12.5. The highest BCUT2D eigenvalue weighted by Crippen LogP contribution is 2.17. The predicted molar refractivity (Wildman–Crippen MR) is 84.2 cm³/mol. The van der Waals surface area contributed by atoms with Crippen LogP contribution in [0, 0.1) is 10.1 Å². The van der Waals surface area contributed by atoms with Gasteiger partial charge in [0, 0.05) is 61.7 Å². The maximum atomic E-state index is 12.5. The van der Waals surface area contributed by atoms with Gasteiger partial charge in [0.15, 0.2) is 12.4 Å². The second-order valence-corrected chi connectivity index (χ2v) is 5.34. The number of carbonyl (C=O) groups excluding carboxylic acids is 1. The number of piperazine rings is 1. The van der Waals surface area contributed by atoms with Crippen LogP contribution in [0.25, 0.3) is 0 Å². The van der Waals surface area contributed by atoms with Crippen LogP contribution in [-0.2, 0) is 0 Å². The number of nitro groups is 1. The molecule has 7 nitrogen and oxygen atoms in total. The Balaban J connectivity index is 1.63. The van der Waals surface area contributed by atoms with Gasteiger partial charge in [0.2, 0.25) is 0 Å². The molecule has 0 unspecified atom stereocenters. The Labute approximate surface area is 133 Å². The largest absolute Gasteiger partial charge is 0.368 e. The Kier molecular flexibility index (Phi) is 4.18. The van der Waals surface area contributed by atoms with Crippen molar-refractivity contribution in [2.75, 3.05) is 31.1 Å². The van der Waals surface area contributed by atoms with Gasteiger partial charge in [0.25, 0.3) is 11.6 Å². The van der Waals surface area contributed by atoms with Crippen LogP contribution in [0.3, 0.4) is 0 Å². The van der Waals surface area contributed by atoms with Crippen LogP contribution in [-0.4, -0.2) is 41.9 Å². The van der Waals surface area contributed by atoms with Gasteiger partial charge in [0.05, 0.1) is 4.92 Å². The molecule has 0 radical (unpaired) electrons. The molecule has 0 aliphatic carbocycles. The van der Waals surface area contributed by atoms with Gasteiger partial charge in [-0.25, -0.2) is 4.98 Å². The van der Waals surface area contributed by atoms with E-state index in [-0.39, 0.29) is 11.6 Å². The molecule has 1 saturated heterocycles. The topological polar surface area (TPSA) is 80.8 Å². The van der Waals surface area contributed by atoms with Crippen LogP contribution >= 0.6 is 0 Å². The molecular weight excluding hydrogens is 296 g/mol. The number of non-ortho nitro benzene ring substituents is 1.